The summed E-state index contributed by atoms with van der Waals surface area (Å²) in [5.41, 5.74) is 2.66. The van der Waals surface area contributed by atoms with Crippen molar-refractivity contribution in [1.29, 1.82) is 0 Å². The second-order valence-corrected chi connectivity index (χ2v) is 8.11. The first-order chi connectivity index (χ1) is 12.9. The standard InChI is InChI=1S/C20H19Cl2N3OS/c1-13(2)25(20(26)24-18-10-16(21)9-17(22)11-18)12-14-4-3-5-15(8-14)19-23-6-7-27-19/h3-11,13H,12H2,1-2H3,(H,24,26). The highest BCUT2D eigenvalue weighted by molar-refractivity contribution is 7.13. The van der Waals surface area contributed by atoms with E-state index in [4.69, 9.17) is 23.2 Å². The van der Waals surface area contributed by atoms with E-state index in [1.165, 1.54) is 0 Å². The molecule has 2 amide bonds. The van der Waals surface area contributed by atoms with Crippen LogP contribution in [0.2, 0.25) is 10.0 Å². The van der Waals surface area contributed by atoms with Gasteiger partial charge < -0.3 is 10.2 Å². The van der Waals surface area contributed by atoms with Crippen LogP contribution in [0.15, 0.2) is 54.0 Å². The lowest BCUT2D eigenvalue weighted by atomic mass is 10.1. The summed E-state index contributed by atoms with van der Waals surface area (Å²) in [6.07, 6.45) is 1.79. The Kier molecular flexibility index (Phi) is 6.37. The first-order valence-electron chi connectivity index (χ1n) is 8.45. The Morgan fingerprint density at radius 3 is 2.56 bits per heavy atom. The maximum Gasteiger partial charge on any atom is 0.322 e. The van der Waals surface area contributed by atoms with E-state index >= 15 is 0 Å². The molecule has 7 heteroatoms. The van der Waals surface area contributed by atoms with E-state index < -0.39 is 0 Å². The van der Waals surface area contributed by atoms with Crippen molar-refractivity contribution in [3.05, 3.63) is 69.7 Å². The molecule has 140 valence electrons. The number of carbonyl (C=O) groups excluding carboxylic acids is 1. The first kappa shape index (κ1) is 19.7. The Morgan fingerprint density at radius 1 is 1.19 bits per heavy atom. The topological polar surface area (TPSA) is 45.2 Å². The van der Waals surface area contributed by atoms with Gasteiger partial charge in [0.25, 0.3) is 0 Å². The van der Waals surface area contributed by atoms with E-state index in [2.05, 4.69) is 16.4 Å². The minimum atomic E-state index is -0.206. The zero-order valence-corrected chi connectivity index (χ0v) is 17.3. The molecule has 3 aromatic rings. The molecule has 0 aliphatic heterocycles. The fourth-order valence-corrected chi connectivity index (χ4v) is 3.84. The third-order valence-corrected chi connectivity index (χ3v) is 5.22. The average Bonchev–Trinajstić information content (AvgIpc) is 3.13. The number of hydrogen-bond donors (Lipinski definition) is 1. The van der Waals surface area contributed by atoms with E-state index in [1.807, 2.05) is 37.4 Å². The Hall–Kier alpha value is -2.08. The van der Waals surface area contributed by atoms with Crippen molar-refractivity contribution in [2.75, 3.05) is 5.32 Å². The molecule has 1 N–H and O–H groups in total. The van der Waals surface area contributed by atoms with Gasteiger partial charge in [0.05, 0.1) is 0 Å². The van der Waals surface area contributed by atoms with Crippen LogP contribution in [-0.2, 0) is 6.54 Å². The van der Waals surface area contributed by atoms with Crippen LogP contribution in [0, 0.1) is 0 Å². The lowest BCUT2D eigenvalue weighted by molar-refractivity contribution is 0.193. The Bertz CT molecular complexity index is 908. The number of rotatable bonds is 5. The molecular weight excluding hydrogens is 401 g/mol. The molecule has 0 radical (unpaired) electrons. The zero-order chi connectivity index (χ0) is 19.4. The first-order valence-corrected chi connectivity index (χ1v) is 10.1. The van der Waals surface area contributed by atoms with Crippen molar-refractivity contribution in [1.82, 2.24) is 9.88 Å². The van der Waals surface area contributed by atoms with Gasteiger partial charge in [0.2, 0.25) is 0 Å². The quantitative estimate of drug-likeness (QED) is 0.508. The molecule has 0 atom stereocenters. The fraction of sp³-hybridized carbons (Fsp3) is 0.200. The number of aromatic nitrogens is 1. The number of benzene rings is 2. The van der Waals surface area contributed by atoms with Crippen LogP contribution in [0.5, 0.6) is 0 Å². The average molecular weight is 420 g/mol. The van der Waals surface area contributed by atoms with Gasteiger partial charge in [-0.2, -0.15) is 0 Å². The molecule has 2 aromatic carbocycles. The summed E-state index contributed by atoms with van der Waals surface area (Å²) >= 11 is 13.6. The van der Waals surface area contributed by atoms with Crippen LogP contribution in [0.3, 0.4) is 0 Å². The lowest BCUT2D eigenvalue weighted by Crippen LogP contribution is -2.39. The van der Waals surface area contributed by atoms with Gasteiger partial charge in [-0.15, -0.1) is 11.3 Å². The van der Waals surface area contributed by atoms with E-state index in [0.717, 1.165) is 16.1 Å². The summed E-state index contributed by atoms with van der Waals surface area (Å²) in [6.45, 7) is 4.45. The van der Waals surface area contributed by atoms with Crippen LogP contribution < -0.4 is 5.32 Å². The lowest BCUT2D eigenvalue weighted by Gasteiger charge is -2.27. The summed E-state index contributed by atoms with van der Waals surface area (Å²) < 4.78 is 0. The molecule has 4 nitrogen and oxygen atoms in total. The van der Waals surface area contributed by atoms with Crippen molar-refractivity contribution < 1.29 is 4.79 Å². The Labute approximate surface area is 172 Å². The summed E-state index contributed by atoms with van der Waals surface area (Å²) in [7, 11) is 0. The molecule has 3 rings (SSSR count). The fourth-order valence-electron chi connectivity index (χ4n) is 2.68. The molecule has 1 aromatic heterocycles. The number of amides is 2. The van der Waals surface area contributed by atoms with Gasteiger partial charge in [-0.3, -0.25) is 0 Å². The Morgan fingerprint density at radius 2 is 1.93 bits per heavy atom. The molecule has 0 saturated carbocycles. The van der Waals surface area contributed by atoms with Gasteiger partial charge in [0.1, 0.15) is 5.01 Å². The van der Waals surface area contributed by atoms with Gasteiger partial charge in [-0.1, -0.05) is 41.4 Å². The second-order valence-electron chi connectivity index (χ2n) is 6.35. The van der Waals surface area contributed by atoms with Crippen LogP contribution in [0.25, 0.3) is 10.6 Å². The Balaban J connectivity index is 1.77. The monoisotopic (exact) mass is 419 g/mol. The summed E-state index contributed by atoms with van der Waals surface area (Å²) in [6, 6.07) is 12.9. The van der Waals surface area contributed by atoms with Gasteiger partial charge in [0, 0.05) is 45.5 Å². The highest BCUT2D eigenvalue weighted by atomic mass is 35.5. The molecule has 0 unspecified atom stereocenters. The number of hydrogen-bond acceptors (Lipinski definition) is 3. The normalized spacial score (nSPS) is 10.9. The summed E-state index contributed by atoms with van der Waals surface area (Å²) in [5.74, 6) is 0. The van der Waals surface area contributed by atoms with E-state index in [9.17, 15) is 4.79 Å². The third kappa shape index (κ3) is 5.22. The highest BCUT2D eigenvalue weighted by Crippen LogP contribution is 2.25. The molecule has 1 heterocycles. The van der Waals surface area contributed by atoms with Crippen molar-refractivity contribution in [3.63, 3.8) is 0 Å². The number of carbonyl (C=O) groups is 1. The molecule has 0 spiro atoms. The number of nitrogens with one attached hydrogen (secondary N) is 1. The molecule has 0 aliphatic rings. The van der Waals surface area contributed by atoms with Crippen molar-refractivity contribution >= 4 is 46.3 Å². The molecule has 0 aliphatic carbocycles. The van der Waals surface area contributed by atoms with E-state index in [1.54, 1.807) is 40.6 Å². The maximum absolute atomic E-state index is 12.8. The van der Waals surface area contributed by atoms with Gasteiger partial charge in [-0.25, -0.2) is 9.78 Å². The second kappa shape index (κ2) is 8.74. The number of anilines is 1. The number of halogens is 2. The van der Waals surface area contributed by atoms with Crippen LogP contribution in [0.1, 0.15) is 19.4 Å². The van der Waals surface area contributed by atoms with Crippen molar-refractivity contribution in [3.8, 4) is 10.6 Å². The number of thiazole rings is 1. The van der Waals surface area contributed by atoms with Crippen LogP contribution in [-0.4, -0.2) is 22.0 Å². The summed E-state index contributed by atoms with van der Waals surface area (Å²) in [5, 5.41) is 6.74. The minimum Gasteiger partial charge on any atom is -0.318 e. The predicted molar refractivity (Wildman–Crippen MR) is 114 cm³/mol. The maximum atomic E-state index is 12.8. The van der Waals surface area contributed by atoms with Gasteiger partial charge >= 0.3 is 6.03 Å². The smallest absolute Gasteiger partial charge is 0.318 e. The van der Waals surface area contributed by atoms with Crippen LogP contribution in [0.4, 0.5) is 10.5 Å². The van der Waals surface area contributed by atoms with Gasteiger partial charge in [-0.05, 0) is 43.7 Å². The zero-order valence-electron chi connectivity index (χ0n) is 14.9. The number of nitrogens with zero attached hydrogens (tertiary/aromatic N) is 2. The van der Waals surface area contributed by atoms with Gasteiger partial charge in [0.15, 0.2) is 0 Å². The summed E-state index contributed by atoms with van der Waals surface area (Å²) in [4.78, 5) is 18.9. The van der Waals surface area contributed by atoms with E-state index in [0.29, 0.717) is 22.3 Å². The largest absolute Gasteiger partial charge is 0.322 e. The molecule has 0 bridgehead atoms. The van der Waals surface area contributed by atoms with E-state index in [-0.39, 0.29) is 12.1 Å². The molecular formula is C20H19Cl2N3OS. The highest BCUT2D eigenvalue weighted by Gasteiger charge is 2.18. The third-order valence-electron chi connectivity index (χ3n) is 3.96. The molecule has 0 fully saturated rings. The molecule has 27 heavy (non-hydrogen) atoms. The minimum absolute atomic E-state index is 0.0168. The SMILES string of the molecule is CC(C)N(Cc1cccc(-c2nccs2)c1)C(=O)Nc1cc(Cl)cc(Cl)c1. The number of urea groups is 1. The molecule has 0 saturated heterocycles. The van der Waals surface area contributed by atoms with Crippen LogP contribution >= 0.6 is 34.5 Å². The predicted octanol–water partition coefficient (Wildman–Crippen LogP) is 6.56. The van der Waals surface area contributed by atoms with Crippen molar-refractivity contribution in [2.45, 2.75) is 26.4 Å². The van der Waals surface area contributed by atoms with Crippen molar-refractivity contribution in [2.24, 2.45) is 0 Å².